The zero-order valence-electron chi connectivity index (χ0n) is 12.8. The Labute approximate surface area is 114 Å². The second-order valence-electron chi connectivity index (χ2n) is 5.03. The van der Waals surface area contributed by atoms with E-state index >= 15 is 0 Å². The lowest BCUT2D eigenvalue weighted by molar-refractivity contribution is 0.500. The van der Waals surface area contributed by atoms with Crippen molar-refractivity contribution in [2.24, 2.45) is 0 Å². The molecule has 0 bridgehead atoms. The molecule has 0 saturated heterocycles. The predicted octanol–water partition coefficient (Wildman–Crippen LogP) is 0.942. The molecule has 0 heterocycles. The third-order valence-corrected chi connectivity index (χ3v) is 3.29. The maximum Gasteiger partial charge on any atom is 0.00792 e. The van der Waals surface area contributed by atoms with E-state index in [9.17, 15) is 0 Å². The van der Waals surface area contributed by atoms with Crippen molar-refractivity contribution in [2.45, 2.75) is 52.6 Å². The maximum absolute atomic E-state index is 3.47. The van der Waals surface area contributed by atoms with Crippen LogP contribution in [0.3, 0.4) is 0 Å². The van der Waals surface area contributed by atoms with Crippen LogP contribution in [0.15, 0.2) is 0 Å². The van der Waals surface area contributed by atoms with Crippen LogP contribution in [0.5, 0.6) is 0 Å². The van der Waals surface area contributed by atoms with Crippen molar-refractivity contribution in [2.75, 3.05) is 39.3 Å². The molecule has 0 rings (SSSR count). The Kier molecular flexibility index (Phi) is 13.2. The molecule has 0 radical (unpaired) electrons. The number of hydrogen-bond acceptors (Lipinski definition) is 4. The van der Waals surface area contributed by atoms with Crippen LogP contribution < -0.4 is 21.3 Å². The van der Waals surface area contributed by atoms with Crippen LogP contribution >= 0.6 is 0 Å². The first kappa shape index (κ1) is 17.8. The first-order chi connectivity index (χ1) is 8.70. The number of nitrogens with one attached hydrogen (secondary N) is 4. The summed E-state index contributed by atoms with van der Waals surface area (Å²) in [7, 11) is 0. The molecular formula is C14H34N4. The minimum absolute atomic E-state index is 0.636. The molecular weight excluding hydrogens is 224 g/mol. The molecule has 0 aliphatic rings. The molecule has 4 heteroatoms. The minimum Gasteiger partial charge on any atom is -0.314 e. The molecule has 4 nitrogen and oxygen atoms in total. The Bertz CT molecular complexity index is 146. The summed E-state index contributed by atoms with van der Waals surface area (Å²) in [5, 5.41) is 13.8. The van der Waals surface area contributed by atoms with Crippen LogP contribution in [-0.4, -0.2) is 51.4 Å². The molecule has 0 aliphatic heterocycles. The van der Waals surface area contributed by atoms with Gasteiger partial charge in [-0.25, -0.2) is 0 Å². The van der Waals surface area contributed by atoms with Gasteiger partial charge >= 0.3 is 0 Å². The molecule has 110 valence electrons. The molecule has 2 unspecified atom stereocenters. The van der Waals surface area contributed by atoms with Crippen LogP contribution in [0.2, 0.25) is 0 Å². The van der Waals surface area contributed by atoms with Crippen molar-refractivity contribution >= 4 is 0 Å². The molecule has 2 atom stereocenters. The van der Waals surface area contributed by atoms with Crippen molar-refractivity contribution in [3.8, 4) is 0 Å². The summed E-state index contributed by atoms with van der Waals surface area (Å²) in [6.45, 7) is 15.2. The molecule has 18 heavy (non-hydrogen) atoms. The van der Waals surface area contributed by atoms with Gasteiger partial charge in [0.15, 0.2) is 0 Å². The van der Waals surface area contributed by atoms with Gasteiger partial charge in [-0.2, -0.15) is 0 Å². The Morgan fingerprint density at radius 2 is 0.944 bits per heavy atom. The molecule has 0 aromatic carbocycles. The lowest BCUT2D eigenvalue weighted by atomic mass is 10.2. The van der Waals surface area contributed by atoms with E-state index in [2.05, 4.69) is 49.0 Å². The fourth-order valence-corrected chi connectivity index (χ4v) is 1.53. The van der Waals surface area contributed by atoms with E-state index in [1.807, 2.05) is 0 Å². The van der Waals surface area contributed by atoms with Gasteiger partial charge in [0.1, 0.15) is 0 Å². The summed E-state index contributed by atoms with van der Waals surface area (Å²) in [6, 6.07) is 1.27. The van der Waals surface area contributed by atoms with E-state index in [1.54, 1.807) is 0 Å². The summed E-state index contributed by atoms with van der Waals surface area (Å²) in [5.41, 5.74) is 0. The van der Waals surface area contributed by atoms with Gasteiger partial charge in [0.05, 0.1) is 0 Å². The van der Waals surface area contributed by atoms with Gasteiger partial charge in [0.25, 0.3) is 0 Å². The van der Waals surface area contributed by atoms with Gasteiger partial charge in [-0.15, -0.1) is 0 Å². The topological polar surface area (TPSA) is 48.1 Å². The Morgan fingerprint density at radius 1 is 0.611 bits per heavy atom. The van der Waals surface area contributed by atoms with Crippen molar-refractivity contribution in [1.82, 2.24) is 21.3 Å². The van der Waals surface area contributed by atoms with Gasteiger partial charge in [-0.05, 0) is 26.7 Å². The maximum atomic E-state index is 3.47. The fourth-order valence-electron chi connectivity index (χ4n) is 1.53. The molecule has 0 fully saturated rings. The number of rotatable bonds is 13. The number of hydrogen-bond donors (Lipinski definition) is 4. The summed E-state index contributed by atoms with van der Waals surface area (Å²) >= 11 is 0. The zero-order valence-corrected chi connectivity index (χ0v) is 12.8. The SMILES string of the molecule is CCC(C)NCCNCCNCCNC(C)CC. The Morgan fingerprint density at radius 3 is 1.28 bits per heavy atom. The highest BCUT2D eigenvalue weighted by Gasteiger charge is 1.96. The van der Waals surface area contributed by atoms with Crippen molar-refractivity contribution in [3.05, 3.63) is 0 Å². The molecule has 0 aromatic rings. The van der Waals surface area contributed by atoms with Gasteiger partial charge in [0, 0.05) is 51.4 Å². The third-order valence-electron chi connectivity index (χ3n) is 3.29. The van der Waals surface area contributed by atoms with Gasteiger partial charge in [-0.3, -0.25) is 0 Å². The molecule has 0 amide bonds. The standard InChI is InChI=1S/C14H34N4/c1-5-13(3)17-11-9-15-7-8-16-10-12-18-14(4)6-2/h13-18H,5-12H2,1-4H3. The zero-order chi connectivity index (χ0) is 13.6. The monoisotopic (exact) mass is 258 g/mol. The van der Waals surface area contributed by atoms with Gasteiger partial charge in [0.2, 0.25) is 0 Å². The summed E-state index contributed by atoms with van der Waals surface area (Å²) in [4.78, 5) is 0. The van der Waals surface area contributed by atoms with Crippen LogP contribution in [-0.2, 0) is 0 Å². The van der Waals surface area contributed by atoms with E-state index in [1.165, 1.54) is 12.8 Å². The van der Waals surface area contributed by atoms with Crippen molar-refractivity contribution in [1.29, 1.82) is 0 Å². The quantitative estimate of drug-likeness (QED) is 0.371. The molecule has 0 aliphatic carbocycles. The fraction of sp³-hybridized carbons (Fsp3) is 1.00. The summed E-state index contributed by atoms with van der Waals surface area (Å²) in [5.74, 6) is 0. The predicted molar refractivity (Wildman–Crippen MR) is 81.3 cm³/mol. The van der Waals surface area contributed by atoms with Crippen LogP contribution in [0.4, 0.5) is 0 Å². The lowest BCUT2D eigenvalue weighted by Crippen LogP contribution is -2.38. The largest absolute Gasteiger partial charge is 0.314 e. The highest BCUT2D eigenvalue weighted by Crippen LogP contribution is 1.85. The smallest absolute Gasteiger partial charge is 0.00792 e. The third kappa shape index (κ3) is 12.3. The molecule has 0 aromatic heterocycles. The molecule has 0 saturated carbocycles. The van der Waals surface area contributed by atoms with Crippen molar-refractivity contribution < 1.29 is 0 Å². The first-order valence-corrected chi connectivity index (χ1v) is 7.58. The lowest BCUT2D eigenvalue weighted by Gasteiger charge is -2.13. The highest BCUT2D eigenvalue weighted by molar-refractivity contribution is 4.61. The highest BCUT2D eigenvalue weighted by atomic mass is 15.0. The first-order valence-electron chi connectivity index (χ1n) is 7.58. The molecule has 0 spiro atoms. The second-order valence-corrected chi connectivity index (χ2v) is 5.03. The van der Waals surface area contributed by atoms with Crippen LogP contribution in [0.25, 0.3) is 0 Å². The van der Waals surface area contributed by atoms with E-state index in [0.29, 0.717) is 12.1 Å². The van der Waals surface area contributed by atoms with E-state index in [0.717, 1.165) is 39.3 Å². The summed E-state index contributed by atoms with van der Waals surface area (Å²) < 4.78 is 0. The second kappa shape index (κ2) is 13.3. The average molecular weight is 258 g/mol. The summed E-state index contributed by atoms with van der Waals surface area (Å²) in [6.07, 6.45) is 2.40. The Hall–Kier alpha value is -0.160. The average Bonchev–Trinajstić information content (AvgIpc) is 2.40. The van der Waals surface area contributed by atoms with E-state index < -0.39 is 0 Å². The van der Waals surface area contributed by atoms with Crippen LogP contribution in [0, 0.1) is 0 Å². The van der Waals surface area contributed by atoms with Crippen molar-refractivity contribution in [3.63, 3.8) is 0 Å². The normalized spacial score (nSPS) is 14.7. The van der Waals surface area contributed by atoms with Crippen LogP contribution in [0.1, 0.15) is 40.5 Å². The minimum atomic E-state index is 0.636. The van der Waals surface area contributed by atoms with E-state index in [-0.39, 0.29) is 0 Å². The van der Waals surface area contributed by atoms with E-state index in [4.69, 9.17) is 0 Å². The van der Waals surface area contributed by atoms with Gasteiger partial charge in [-0.1, -0.05) is 13.8 Å². The molecule has 4 N–H and O–H groups in total. The van der Waals surface area contributed by atoms with Gasteiger partial charge < -0.3 is 21.3 Å². The Balaban J connectivity index is 3.03.